The van der Waals surface area contributed by atoms with E-state index in [1.165, 1.54) is 6.42 Å². The highest BCUT2D eigenvalue weighted by Gasteiger charge is 2.21. The molecule has 3 nitrogen and oxygen atoms in total. The van der Waals surface area contributed by atoms with E-state index in [1.807, 2.05) is 36.6 Å². The molecule has 2 rings (SSSR count). The van der Waals surface area contributed by atoms with Crippen LogP contribution in [0.25, 0.3) is 0 Å². The highest BCUT2D eigenvalue weighted by atomic mass is 16.5. The Bertz CT molecular complexity index is 439. The minimum atomic E-state index is 0.333. The molecule has 1 aliphatic carbocycles. The van der Waals surface area contributed by atoms with Gasteiger partial charge in [0.25, 0.3) is 0 Å². The molecule has 108 valence electrons. The molecule has 2 unspecified atom stereocenters. The lowest BCUT2D eigenvalue weighted by molar-refractivity contribution is 0.0414. The fraction of sp³-hybridized carbons (Fsp3) is 0.471. The number of hydrogen-bond acceptors (Lipinski definition) is 3. The van der Waals surface area contributed by atoms with Crippen molar-refractivity contribution in [3.8, 4) is 5.75 Å². The maximum Gasteiger partial charge on any atom is 0.118 e. The quantitative estimate of drug-likeness (QED) is 0.585. The predicted molar refractivity (Wildman–Crippen MR) is 82.8 cm³/mol. The second kappa shape index (κ2) is 7.85. The molecule has 1 aromatic rings. The first-order valence-electron chi connectivity index (χ1n) is 7.21. The van der Waals surface area contributed by atoms with E-state index in [0.717, 1.165) is 30.6 Å². The molecule has 0 aromatic heterocycles. The van der Waals surface area contributed by atoms with E-state index < -0.39 is 0 Å². The van der Waals surface area contributed by atoms with Gasteiger partial charge in [-0.1, -0.05) is 6.08 Å². The number of nitrogens with zero attached hydrogens (tertiary/aromatic N) is 1. The third-order valence-corrected chi connectivity index (χ3v) is 3.60. The average molecular weight is 273 g/mol. The molecule has 0 saturated heterocycles. The molecule has 2 atom stereocenters. The van der Waals surface area contributed by atoms with E-state index in [1.54, 1.807) is 7.11 Å². The monoisotopic (exact) mass is 273 g/mol. The van der Waals surface area contributed by atoms with Gasteiger partial charge in [-0.3, -0.25) is 4.99 Å². The van der Waals surface area contributed by atoms with Gasteiger partial charge in [0, 0.05) is 6.21 Å². The van der Waals surface area contributed by atoms with Crippen molar-refractivity contribution in [3.05, 3.63) is 42.5 Å². The van der Waals surface area contributed by atoms with Crippen LogP contribution in [0.1, 0.15) is 31.2 Å². The highest BCUT2D eigenvalue weighted by molar-refractivity contribution is 5.79. The maximum atomic E-state index is 5.74. The second-order valence-corrected chi connectivity index (χ2v) is 5.12. The lowest BCUT2D eigenvalue weighted by Crippen LogP contribution is -2.25. The standard InChI is InChI=1S/C17H23NO2/c1-3-11-20-17-6-4-5-15(12-17)18-13-14-7-9-16(19-2)10-8-14/h3,7-10,13,15,17H,1,4-6,11-12H2,2H3. The number of benzene rings is 1. The van der Waals surface area contributed by atoms with Crippen molar-refractivity contribution in [1.82, 2.24) is 0 Å². The van der Waals surface area contributed by atoms with Crippen LogP contribution in [-0.2, 0) is 4.74 Å². The van der Waals surface area contributed by atoms with Gasteiger partial charge in [-0.2, -0.15) is 0 Å². The molecule has 3 heteroatoms. The van der Waals surface area contributed by atoms with Crippen LogP contribution in [-0.4, -0.2) is 32.1 Å². The topological polar surface area (TPSA) is 30.8 Å². The fourth-order valence-corrected chi connectivity index (χ4v) is 2.49. The third kappa shape index (κ3) is 4.49. The molecule has 0 heterocycles. The number of ether oxygens (including phenoxy) is 2. The van der Waals surface area contributed by atoms with Crippen LogP contribution in [0, 0.1) is 0 Å². The molecule has 0 amide bonds. The van der Waals surface area contributed by atoms with Crippen LogP contribution in [0.3, 0.4) is 0 Å². The summed E-state index contributed by atoms with van der Waals surface area (Å²) in [5, 5.41) is 0. The Kier molecular flexibility index (Phi) is 5.81. The Morgan fingerprint density at radius 2 is 2.10 bits per heavy atom. The zero-order chi connectivity index (χ0) is 14.2. The van der Waals surface area contributed by atoms with E-state index in [-0.39, 0.29) is 0 Å². The molecule has 0 radical (unpaired) electrons. The summed E-state index contributed by atoms with van der Waals surface area (Å²) in [7, 11) is 1.68. The van der Waals surface area contributed by atoms with Crippen LogP contribution in [0.4, 0.5) is 0 Å². The summed E-state index contributed by atoms with van der Waals surface area (Å²) in [4.78, 5) is 4.70. The Labute approximate surface area is 121 Å². The van der Waals surface area contributed by atoms with Crippen molar-refractivity contribution in [1.29, 1.82) is 0 Å². The van der Waals surface area contributed by atoms with Gasteiger partial charge >= 0.3 is 0 Å². The molecule has 1 saturated carbocycles. The van der Waals surface area contributed by atoms with Gasteiger partial charge in [-0.25, -0.2) is 0 Å². The molecule has 20 heavy (non-hydrogen) atoms. The molecular weight excluding hydrogens is 250 g/mol. The lowest BCUT2D eigenvalue weighted by atomic mass is 9.93. The van der Waals surface area contributed by atoms with E-state index >= 15 is 0 Å². The van der Waals surface area contributed by atoms with Gasteiger partial charge in [0.1, 0.15) is 5.75 Å². The van der Waals surface area contributed by atoms with E-state index in [0.29, 0.717) is 18.8 Å². The normalized spacial score (nSPS) is 22.9. The number of rotatable bonds is 6. The van der Waals surface area contributed by atoms with E-state index in [9.17, 15) is 0 Å². The van der Waals surface area contributed by atoms with Crippen molar-refractivity contribution in [3.63, 3.8) is 0 Å². The Morgan fingerprint density at radius 3 is 2.80 bits per heavy atom. The van der Waals surface area contributed by atoms with E-state index in [4.69, 9.17) is 14.5 Å². The molecule has 0 aliphatic heterocycles. The van der Waals surface area contributed by atoms with Crippen LogP contribution in [0.5, 0.6) is 5.75 Å². The molecule has 0 spiro atoms. The van der Waals surface area contributed by atoms with Crippen LogP contribution in [0.15, 0.2) is 41.9 Å². The predicted octanol–water partition coefficient (Wildman–Crippen LogP) is 3.63. The zero-order valence-corrected chi connectivity index (χ0v) is 12.1. The molecule has 1 fully saturated rings. The van der Waals surface area contributed by atoms with Crippen molar-refractivity contribution in [2.75, 3.05) is 13.7 Å². The van der Waals surface area contributed by atoms with Gasteiger partial charge < -0.3 is 9.47 Å². The second-order valence-electron chi connectivity index (χ2n) is 5.12. The summed E-state index contributed by atoms with van der Waals surface area (Å²) in [6, 6.07) is 8.34. The summed E-state index contributed by atoms with van der Waals surface area (Å²) >= 11 is 0. The summed E-state index contributed by atoms with van der Waals surface area (Å²) in [5.41, 5.74) is 1.11. The summed E-state index contributed by atoms with van der Waals surface area (Å²) < 4.78 is 10.9. The number of methoxy groups -OCH3 is 1. The zero-order valence-electron chi connectivity index (χ0n) is 12.1. The Morgan fingerprint density at radius 1 is 1.30 bits per heavy atom. The minimum Gasteiger partial charge on any atom is -0.497 e. The number of hydrogen-bond donors (Lipinski definition) is 0. The van der Waals surface area contributed by atoms with Gasteiger partial charge in [-0.05, 0) is 55.5 Å². The van der Waals surface area contributed by atoms with Crippen molar-refractivity contribution in [2.45, 2.75) is 37.8 Å². The van der Waals surface area contributed by atoms with Crippen LogP contribution < -0.4 is 4.74 Å². The summed E-state index contributed by atoms with van der Waals surface area (Å²) in [6.07, 6.45) is 8.60. The van der Waals surface area contributed by atoms with Crippen molar-refractivity contribution < 1.29 is 9.47 Å². The van der Waals surface area contributed by atoms with Gasteiger partial charge in [0.05, 0.1) is 25.9 Å². The fourth-order valence-electron chi connectivity index (χ4n) is 2.49. The first-order chi connectivity index (χ1) is 9.81. The highest BCUT2D eigenvalue weighted by Crippen LogP contribution is 2.23. The number of aliphatic imine (C=N–C) groups is 1. The van der Waals surface area contributed by atoms with Crippen LogP contribution in [0.2, 0.25) is 0 Å². The molecule has 1 aromatic carbocycles. The largest absolute Gasteiger partial charge is 0.497 e. The molecule has 1 aliphatic rings. The molecular formula is C17H23NO2. The Balaban J connectivity index is 1.87. The first kappa shape index (κ1) is 14.8. The molecule has 0 N–H and O–H groups in total. The maximum absolute atomic E-state index is 5.74. The van der Waals surface area contributed by atoms with Crippen molar-refractivity contribution >= 4 is 6.21 Å². The minimum absolute atomic E-state index is 0.333. The van der Waals surface area contributed by atoms with E-state index in [2.05, 4.69) is 6.58 Å². The summed E-state index contributed by atoms with van der Waals surface area (Å²) in [6.45, 7) is 4.33. The van der Waals surface area contributed by atoms with Crippen molar-refractivity contribution in [2.24, 2.45) is 4.99 Å². The average Bonchev–Trinajstić information content (AvgIpc) is 2.52. The summed E-state index contributed by atoms with van der Waals surface area (Å²) in [5.74, 6) is 0.873. The lowest BCUT2D eigenvalue weighted by Gasteiger charge is -2.26. The SMILES string of the molecule is C=CCOC1CCCC(N=Cc2ccc(OC)cc2)C1. The van der Waals surface area contributed by atoms with Gasteiger partial charge in [-0.15, -0.1) is 6.58 Å². The van der Waals surface area contributed by atoms with Crippen LogP contribution >= 0.6 is 0 Å². The van der Waals surface area contributed by atoms with Gasteiger partial charge in [0.15, 0.2) is 0 Å². The third-order valence-electron chi connectivity index (χ3n) is 3.60. The first-order valence-corrected chi connectivity index (χ1v) is 7.21. The Hall–Kier alpha value is -1.61. The smallest absolute Gasteiger partial charge is 0.118 e. The molecule has 0 bridgehead atoms. The van der Waals surface area contributed by atoms with Gasteiger partial charge in [0.2, 0.25) is 0 Å².